The van der Waals surface area contributed by atoms with Gasteiger partial charge in [-0.15, -0.1) is 0 Å². The number of carboxylic acid groups (broad SMARTS) is 4. The summed E-state index contributed by atoms with van der Waals surface area (Å²) in [7, 11) is 0. The number of hydrogen-bond acceptors (Lipinski definition) is 4. The Balaban J connectivity index is 0. The molecule has 0 bridgehead atoms. The van der Waals surface area contributed by atoms with Gasteiger partial charge in [0.15, 0.2) is 5.92 Å². The van der Waals surface area contributed by atoms with Crippen molar-refractivity contribution in [2.24, 2.45) is 5.92 Å². The summed E-state index contributed by atoms with van der Waals surface area (Å²) in [6.45, 7) is 1.52. The average molecular weight is 222 g/mol. The Kier molecular flexibility index (Phi) is 7.47. The molecule has 0 spiro atoms. The second-order valence-corrected chi connectivity index (χ2v) is 2.25. The van der Waals surface area contributed by atoms with Gasteiger partial charge in [0, 0.05) is 0 Å². The van der Waals surface area contributed by atoms with Crippen LogP contribution >= 0.6 is 0 Å². The molecule has 0 saturated carbocycles. The van der Waals surface area contributed by atoms with Crippen molar-refractivity contribution in [1.29, 1.82) is 0 Å². The third kappa shape index (κ3) is 8.22. The SMILES string of the molecule is CCC(C(=O)O)C(=O)O.O=C(O)C(=O)O. The second kappa shape index (κ2) is 7.30. The van der Waals surface area contributed by atoms with E-state index in [1.165, 1.54) is 6.92 Å². The summed E-state index contributed by atoms with van der Waals surface area (Å²) in [5.74, 6) is -7.44. The third-order valence-electron chi connectivity index (χ3n) is 1.19. The van der Waals surface area contributed by atoms with Gasteiger partial charge in [0.2, 0.25) is 0 Å². The van der Waals surface area contributed by atoms with E-state index in [0.717, 1.165) is 0 Å². The molecule has 0 amide bonds. The Labute approximate surface area is 83.8 Å². The lowest BCUT2D eigenvalue weighted by Crippen LogP contribution is -2.21. The molecule has 0 atom stereocenters. The number of aliphatic carboxylic acids is 4. The van der Waals surface area contributed by atoms with E-state index < -0.39 is 29.8 Å². The largest absolute Gasteiger partial charge is 0.481 e. The number of rotatable bonds is 3. The van der Waals surface area contributed by atoms with Gasteiger partial charge in [-0.2, -0.15) is 0 Å². The Morgan fingerprint density at radius 1 is 0.867 bits per heavy atom. The van der Waals surface area contributed by atoms with E-state index in [2.05, 4.69) is 0 Å². The van der Waals surface area contributed by atoms with E-state index in [4.69, 9.17) is 30.0 Å². The fourth-order valence-corrected chi connectivity index (χ4v) is 0.455. The molecule has 0 aliphatic heterocycles. The maximum Gasteiger partial charge on any atom is 0.414 e. The molecule has 15 heavy (non-hydrogen) atoms. The molecule has 0 aliphatic carbocycles. The summed E-state index contributed by atoms with van der Waals surface area (Å²) in [4.78, 5) is 38.2. The van der Waals surface area contributed by atoms with E-state index in [0.29, 0.717) is 0 Å². The second-order valence-electron chi connectivity index (χ2n) is 2.25. The zero-order valence-corrected chi connectivity index (χ0v) is 7.71. The standard InChI is InChI=1S/C5H8O4.C2H2O4/c1-2-3(4(6)7)5(8)9;3-1(4)2(5)6/h3H,2H2,1H3,(H,6,7)(H,8,9);(H,3,4)(H,5,6). The van der Waals surface area contributed by atoms with Gasteiger partial charge in [-0.25, -0.2) is 9.59 Å². The smallest absolute Gasteiger partial charge is 0.414 e. The lowest BCUT2D eigenvalue weighted by atomic mass is 10.1. The van der Waals surface area contributed by atoms with Crippen LogP contribution in [0, 0.1) is 5.92 Å². The average Bonchev–Trinajstić information content (AvgIpc) is 2.04. The molecule has 0 saturated heterocycles. The third-order valence-corrected chi connectivity index (χ3v) is 1.19. The maximum absolute atomic E-state index is 9.99. The van der Waals surface area contributed by atoms with Crippen LogP contribution in [0.5, 0.6) is 0 Å². The van der Waals surface area contributed by atoms with E-state index in [1.807, 2.05) is 0 Å². The summed E-state index contributed by atoms with van der Waals surface area (Å²) in [6.07, 6.45) is 0.130. The molecular formula is C7H10O8. The van der Waals surface area contributed by atoms with Crippen LogP contribution in [0.3, 0.4) is 0 Å². The van der Waals surface area contributed by atoms with Gasteiger partial charge in [-0.1, -0.05) is 6.92 Å². The molecule has 0 rings (SSSR count). The first kappa shape index (κ1) is 15.4. The molecule has 0 radical (unpaired) electrons. The lowest BCUT2D eigenvalue weighted by Gasteiger charge is -2.00. The van der Waals surface area contributed by atoms with Gasteiger partial charge in [0.1, 0.15) is 0 Å². The first-order valence-electron chi connectivity index (χ1n) is 3.65. The molecule has 0 fully saturated rings. The summed E-state index contributed by atoms with van der Waals surface area (Å²) in [5, 5.41) is 31.1. The van der Waals surface area contributed by atoms with Crippen LogP contribution in [0.25, 0.3) is 0 Å². The van der Waals surface area contributed by atoms with Gasteiger partial charge >= 0.3 is 23.9 Å². The Hall–Kier alpha value is -2.12. The Morgan fingerprint density at radius 3 is 1.13 bits per heavy atom. The Bertz CT molecular complexity index is 242. The molecule has 0 aromatic rings. The van der Waals surface area contributed by atoms with Crippen molar-refractivity contribution in [3.05, 3.63) is 0 Å². The fraction of sp³-hybridized carbons (Fsp3) is 0.429. The molecule has 0 unspecified atom stereocenters. The van der Waals surface area contributed by atoms with Crippen molar-refractivity contribution < 1.29 is 39.6 Å². The van der Waals surface area contributed by atoms with E-state index >= 15 is 0 Å². The minimum atomic E-state index is -1.82. The predicted molar refractivity (Wildman–Crippen MR) is 44.3 cm³/mol. The molecule has 0 heterocycles. The van der Waals surface area contributed by atoms with Gasteiger partial charge < -0.3 is 20.4 Å². The van der Waals surface area contributed by atoms with Gasteiger partial charge in [0.05, 0.1) is 0 Å². The maximum atomic E-state index is 9.99. The van der Waals surface area contributed by atoms with Gasteiger partial charge in [-0.3, -0.25) is 9.59 Å². The number of carboxylic acids is 4. The van der Waals surface area contributed by atoms with Crippen molar-refractivity contribution in [1.82, 2.24) is 0 Å². The molecule has 0 aliphatic rings. The lowest BCUT2D eigenvalue weighted by molar-refractivity contribution is -0.159. The van der Waals surface area contributed by atoms with Crippen LogP contribution in [0.2, 0.25) is 0 Å². The van der Waals surface area contributed by atoms with Crippen LogP contribution in [-0.4, -0.2) is 44.3 Å². The van der Waals surface area contributed by atoms with Crippen LogP contribution in [0.15, 0.2) is 0 Å². The van der Waals surface area contributed by atoms with Crippen molar-refractivity contribution in [2.75, 3.05) is 0 Å². The topological polar surface area (TPSA) is 149 Å². The summed E-state index contributed by atoms with van der Waals surface area (Å²) in [5.41, 5.74) is 0. The quantitative estimate of drug-likeness (QED) is 0.363. The minimum absolute atomic E-state index is 0.130. The van der Waals surface area contributed by atoms with Crippen LogP contribution in [0.1, 0.15) is 13.3 Å². The highest BCUT2D eigenvalue weighted by molar-refractivity contribution is 6.27. The number of carbonyl (C=O) groups is 4. The van der Waals surface area contributed by atoms with Crippen LogP contribution in [0.4, 0.5) is 0 Å². The first-order chi connectivity index (χ1) is 6.73. The molecule has 86 valence electrons. The highest BCUT2D eigenvalue weighted by Crippen LogP contribution is 2.00. The normalized spacial score (nSPS) is 8.67. The number of hydrogen-bond donors (Lipinski definition) is 4. The van der Waals surface area contributed by atoms with E-state index in [-0.39, 0.29) is 6.42 Å². The zero-order valence-electron chi connectivity index (χ0n) is 7.71. The summed E-state index contributed by atoms with van der Waals surface area (Å²) >= 11 is 0. The Morgan fingerprint density at radius 2 is 1.13 bits per heavy atom. The monoisotopic (exact) mass is 222 g/mol. The first-order valence-corrected chi connectivity index (χ1v) is 3.65. The van der Waals surface area contributed by atoms with Gasteiger partial charge in [0.25, 0.3) is 0 Å². The summed E-state index contributed by atoms with van der Waals surface area (Å²) in [6, 6.07) is 0. The molecule has 8 heteroatoms. The zero-order chi connectivity index (χ0) is 12.6. The molecule has 0 aromatic carbocycles. The van der Waals surface area contributed by atoms with E-state index in [9.17, 15) is 9.59 Å². The molecule has 8 nitrogen and oxygen atoms in total. The minimum Gasteiger partial charge on any atom is -0.481 e. The predicted octanol–water partition coefficient (Wildman–Crippen LogP) is -0.663. The van der Waals surface area contributed by atoms with Crippen molar-refractivity contribution in [3.8, 4) is 0 Å². The highest BCUT2D eigenvalue weighted by atomic mass is 16.4. The molecule has 4 N–H and O–H groups in total. The highest BCUT2D eigenvalue weighted by Gasteiger charge is 2.22. The van der Waals surface area contributed by atoms with Crippen molar-refractivity contribution >= 4 is 23.9 Å². The van der Waals surface area contributed by atoms with Crippen molar-refractivity contribution in [2.45, 2.75) is 13.3 Å². The van der Waals surface area contributed by atoms with Crippen LogP contribution in [-0.2, 0) is 19.2 Å². The molecular weight excluding hydrogens is 212 g/mol. The van der Waals surface area contributed by atoms with Crippen molar-refractivity contribution in [3.63, 3.8) is 0 Å². The summed E-state index contributed by atoms with van der Waals surface area (Å²) < 4.78 is 0. The fourth-order valence-electron chi connectivity index (χ4n) is 0.455. The van der Waals surface area contributed by atoms with Gasteiger partial charge in [-0.05, 0) is 6.42 Å². The van der Waals surface area contributed by atoms with Crippen LogP contribution < -0.4 is 0 Å². The van der Waals surface area contributed by atoms with E-state index in [1.54, 1.807) is 0 Å². The molecule has 0 aromatic heterocycles.